The summed E-state index contributed by atoms with van der Waals surface area (Å²) in [6.07, 6.45) is 1.31. The number of carbonyl (C=O) groups is 1. The van der Waals surface area contributed by atoms with Gasteiger partial charge in [0.2, 0.25) is 0 Å². The molecule has 0 saturated heterocycles. The summed E-state index contributed by atoms with van der Waals surface area (Å²) >= 11 is 0. The summed E-state index contributed by atoms with van der Waals surface area (Å²) in [5, 5.41) is 22.1. The maximum atomic E-state index is 10.6. The van der Waals surface area contributed by atoms with Gasteiger partial charge in [-0.2, -0.15) is 10.4 Å². The fourth-order valence-electron chi connectivity index (χ4n) is 2.39. The lowest BCUT2D eigenvalue weighted by molar-refractivity contribution is 0.144. The van der Waals surface area contributed by atoms with Crippen molar-refractivity contribution in [3.05, 3.63) is 60.4 Å². The highest BCUT2D eigenvalue weighted by molar-refractivity contribution is 5.72. The van der Waals surface area contributed by atoms with Crippen LogP contribution in [0, 0.1) is 11.3 Å². The summed E-state index contributed by atoms with van der Waals surface area (Å²) in [6.45, 7) is 0. The van der Waals surface area contributed by atoms with E-state index in [9.17, 15) is 10.1 Å². The van der Waals surface area contributed by atoms with E-state index in [0.29, 0.717) is 11.3 Å². The maximum Gasteiger partial charge on any atom is 0.511 e. The van der Waals surface area contributed by atoms with Crippen molar-refractivity contribution < 1.29 is 19.4 Å². The van der Waals surface area contributed by atoms with Gasteiger partial charge in [0.15, 0.2) is 5.75 Å². The molecule has 2 aromatic carbocycles. The lowest BCUT2D eigenvalue weighted by Gasteiger charge is -2.08. The Morgan fingerprint density at radius 1 is 1.20 bits per heavy atom. The zero-order chi connectivity index (χ0) is 17.8. The Kier molecular flexibility index (Phi) is 4.35. The van der Waals surface area contributed by atoms with Crippen LogP contribution < -0.4 is 9.47 Å². The van der Waals surface area contributed by atoms with Crippen molar-refractivity contribution in [2.75, 3.05) is 7.11 Å². The van der Waals surface area contributed by atoms with Crippen molar-refractivity contribution in [1.82, 2.24) is 9.78 Å². The van der Waals surface area contributed by atoms with Gasteiger partial charge in [-0.15, -0.1) is 0 Å². The Morgan fingerprint density at radius 3 is 2.60 bits per heavy atom. The molecule has 0 saturated carbocycles. The second kappa shape index (κ2) is 6.76. The molecule has 1 N–H and O–H groups in total. The monoisotopic (exact) mass is 335 g/mol. The average Bonchev–Trinajstić information content (AvgIpc) is 3.09. The predicted octanol–water partition coefficient (Wildman–Crippen LogP) is 3.48. The highest BCUT2D eigenvalue weighted by Crippen LogP contribution is 2.27. The molecule has 1 heterocycles. The number of nitriles is 1. The summed E-state index contributed by atoms with van der Waals surface area (Å²) in [4.78, 5) is 10.6. The molecule has 124 valence electrons. The standard InChI is InChI=1S/C18H13N3O4/c1-24-15-5-2-12(3-6-15)17-7-4-14(8-13(17)9-19)21-11-16(10-20-21)25-18(22)23/h2-8,10-11H,1H3,(H,22,23). The van der Waals surface area contributed by atoms with Gasteiger partial charge in [0.25, 0.3) is 0 Å². The van der Waals surface area contributed by atoms with Crippen LogP contribution >= 0.6 is 0 Å². The molecule has 0 amide bonds. The summed E-state index contributed by atoms with van der Waals surface area (Å²) in [6, 6.07) is 14.9. The van der Waals surface area contributed by atoms with E-state index < -0.39 is 6.16 Å². The summed E-state index contributed by atoms with van der Waals surface area (Å²) in [5.74, 6) is 0.839. The molecule has 0 aliphatic rings. The minimum atomic E-state index is -1.41. The molecule has 0 atom stereocenters. The number of rotatable bonds is 4. The van der Waals surface area contributed by atoms with Gasteiger partial charge in [-0.25, -0.2) is 9.48 Å². The van der Waals surface area contributed by atoms with E-state index >= 15 is 0 Å². The van der Waals surface area contributed by atoms with Crippen LogP contribution in [0.15, 0.2) is 54.9 Å². The lowest BCUT2D eigenvalue weighted by atomic mass is 9.99. The molecule has 0 aliphatic heterocycles. The van der Waals surface area contributed by atoms with Crippen molar-refractivity contribution in [3.8, 4) is 34.4 Å². The molecule has 0 aliphatic carbocycles. The van der Waals surface area contributed by atoms with Gasteiger partial charge in [-0.3, -0.25) is 0 Å². The number of carboxylic acid groups (broad SMARTS) is 1. The second-order valence-corrected chi connectivity index (χ2v) is 5.06. The fourth-order valence-corrected chi connectivity index (χ4v) is 2.39. The van der Waals surface area contributed by atoms with Crippen molar-refractivity contribution >= 4 is 6.16 Å². The molecule has 0 spiro atoms. The van der Waals surface area contributed by atoms with E-state index in [1.807, 2.05) is 30.3 Å². The van der Waals surface area contributed by atoms with Gasteiger partial charge < -0.3 is 14.6 Å². The number of benzene rings is 2. The predicted molar refractivity (Wildman–Crippen MR) is 88.9 cm³/mol. The summed E-state index contributed by atoms with van der Waals surface area (Å²) in [5.41, 5.74) is 2.76. The number of ether oxygens (including phenoxy) is 2. The molecular weight excluding hydrogens is 322 g/mol. The van der Waals surface area contributed by atoms with E-state index in [0.717, 1.165) is 16.9 Å². The molecule has 3 aromatic rings. The number of hydrogen-bond donors (Lipinski definition) is 1. The van der Waals surface area contributed by atoms with E-state index in [2.05, 4.69) is 15.9 Å². The third-order valence-electron chi connectivity index (χ3n) is 3.55. The first-order chi connectivity index (χ1) is 12.1. The Morgan fingerprint density at radius 2 is 1.96 bits per heavy atom. The third kappa shape index (κ3) is 3.43. The van der Waals surface area contributed by atoms with Crippen LogP contribution in [0.5, 0.6) is 11.5 Å². The topological polar surface area (TPSA) is 97.4 Å². The van der Waals surface area contributed by atoms with Crippen LogP contribution in [-0.4, -0.2) is 28.2 Å². The molecular formula is C18H13N3O4. The SMILES string of the molecule is COc1ccc(-c2ccc(-n3cc(OC(=O)O)cn3)cc2C#N)cc1. The number of hydrogen-bond acceptors (Lipinski definition) is 5. The van der Waals surface area contributed by atoms with Crippen molar-refractivity contribution in [2.24, 2.45) is 0 Å². The second-order valence-electron chi connectivity index (χ2n) is 5.06. The van der Waals surface area contributed by atoms with E-state index in [-0.39, 0.29) is 5.75 Å². The lowest BCUT2D eigenvalue weighted by Crippen LogP contribution is -2.02. The minimum absolute atomic E-state index is 0.102. The van der Waals surface area contributed by atoms with E-state index in [1.165, 1.54) is 17.1 Å². The first-order valence-corrected chi connectivity index (χ1v) is 7.25. The van der Waals surface area contributed by atoms with Crippen LogP contribution in [0.3, 0.4) is 0 Å². The van der Waals surface area contributed by atoms with Crippen molar-refractivity contribution in [1.29, 1.82) is 5.26 Å². The highest BCUT2D eigenvalue weighted by Gasteiger charge is 2.10. The smallest absolute Gasteiger partial charge is 0.497 e. The molecule has 1 aromatic heterocycles. The minimum Gasteiger partial charge on any atom is -0.497 e. The maximum absolute atomic E-state index is 10.6. The van der Waals surface area contributed by atoms with Gasteiger partial charge in [-0.05, 0) is 35.4 Å². The number of methoxy groups -OCH3 is 1. The van der Waals surface area contributed by atoms with Gasteiger partial charge in [-0.1, -0.05) is 18.2 Å². The van der Waals surface area contributed by atoms with Gasteiger partial charge in [0.1, 0.15) is 5.75 Å². The van der Waals surface area contributed by atoms with Crippen LogP contribution in [0.2, 0.25) is 0 Å². The Hall–Kier alpha value is -3.79. The molecule has 0 radical (unpaired) electrons. The Labute approximate surface area is 143 Å². The molecule has 3 rings (SSSR count). The Bertz CT molecular complexity index is 955. The van der Waals surface area contributed by atoms with Crippen molar-refractivity contribution in [2.45, 2.75) is 0 Å². The van der Waals surface area contributed by atoms with E-state index in [4.69, 9.17) is 9.84 Å². The number of nitrogens with zero attached hydrogens (tertiary/aromatic N) is 3. The van der Waals surface area contributed by atoms with Crippen molar-refractivity contribution in [3.63, 3.8) is 0 Å². The van der Waals surface area contributed by atoms with Crippen LogP contribution in [0.4, 0.5) is 4.79 Å². The largest absolute Gasteiger partial charge is 0.511 e. The van der Waals surface area contributed by atoms with Gasteiger partial charge in [0, 0.05) is 0 Å². The molecule has 0 bridgehead atoms. The zero-order valence-corrected chi connectivity index (χ0v) is 13.2. The van der Waals surface area contributed by atoms with E-state index in [1.54, 1.807) is 19.2 Å². The van der Waals surface area contributed by atoms with Gasteiger partial charge >= 0.3 is 6.16 Å². The van der Waals surface area contributed by atoms with Crippen LogP contribution in [0.1, 0.15) is 5.56 Å². The quantitative estimate of drug-likeness (QED) is 0.733. The fraction of sp³-hybridized carbons (Fsp3) is 0.0556. The molecule has 0 fully saturated rings. The normalized spacial score (nSPS) is 10.1. The average molecular weight is 335 g/mol. The first-order valence-electron chi connectivity index (χ1n) is 7.25. The third-order valence-corrected chi connectivity index (χ3v) is 3.55. The highest BCUT2D eigenvalue weighted by atomic mass is 16.7. The molecule has 7 nitrogen and oxygen atoms in total. The first kappa shape index (κ1) is 16.1. The number of aromatic nitrogens is 2. The van der Waals surface area contributed by atoms with Gasteiger partial charge in [0.05, 0.1) is 36.8 Å². The van der Waals surface area contributed by atoms with Crippen LogP contribution in [0.25, 0.3) is 16.8 Å². The molecule has 0 unspecified atom stereocenters. The summed E-state index contributed by atoms with van der Waals surface area (Å²) < 4.78 is 11.1. The summed E-state index contributed by atoms with van der Waals surface area (Å²) in [7, 11) is 1.59. The Balaban J connectivity index is 1.95. The van der Waals surface area contributed by atoms with Crippen LogP contribution in [-0.2, 0) is 0 Å². The molecule has 25 heavy (non-hydrogen) atoms. The molecule has 7 heteroatoms. The zero-order valence-electron chi connectivity index (χ0n) is 13.2.